The third-order valence-corrected chi connectivity index (χ3v) is 5.76. The number of hydrogen-bond acceptors (Lipinski definition) is 5. The van der Waals surface area contributed by atoms with Gasteiger partial charge in [-0.1, -0.05) is 0 Å². The SMILES string of the molecule is Cc1nc(N(C)CC2CCCN2C)sc1CNC1CC1. The van der Waals surface area contributed by atoms with E-state index in [1.807, 2.05) is 11.3 Å². The molecule has 4 nitrogen and oxygen atoms in total. The highest BCUT2D eigenvalue weighted by Gasteiger charge is 2.24. The first-order valence-electron chi connectivity index (χ1n) is 7.74. The average molecular weight is 294 g/mol. The maximum absolute atomic E-state index is 4.76. The molecule has 2 aliphatic rings. The summed E-state index contributed by atoms with van der Waals surface area (Å²) in [5.74, 6) is 0. The van der Waals surface area contributed by atoms with Crippen molar-refractivity contribution in [1.29, 1.82) is 0 Å². The fourth-order valence-corrected chi connectivity index (χ4v) is 3.85. The molecule has 1 unspecified atom stereocenters. The predicted octanol–water partition coefficient (Wildman–Crippen LogP) is 2.23. The molecule has 1 saturated carbocycles. The highest BCUT2D eigenvalue weighted by atomic mass is 32.1. The standard InChI is InChI=1S/C15H26N4S/c1-11-14(9-16-12-6-7-12)20-15(17-11)19(3)10-13-5-4-8-18(13)2/h12-13,16H,4-10H2,1-3H3. The lowest BCUT2D eigenvalue weighted by Gasteiger charge is -2.25. The summed E-state index contributed by atoms with van der Waals surface area (Å²) in [6.45, 7) is 5.47. The van der Waals surface area contributed by atoms with Crippen molar-refractivity contribution < 1.29 is 0 Å². The number of anilines is 1. The van der Waals surface area contributed by atoms with E-state index in [1.54, 1.807) is 0 Å². The van der Waals surface area contributed by atoms with Crippen molar-refractivity contribution in [3.8, 4) is 0 Å². The Bertz CT molecular complexity index is 455. The molecule has 3 rings (SSSR count). The van der Waals surface area contributed by atoms with Crippen LogP contribution in [0.2, 0.25) is 0 Å². The van der Waals surface area contributed by atoms with Gasteiger partial charge in [0.25, 0.3) is 0 Å². The van der Waals surface area contributed by atoms with Gasteiger partial charge in [-0.15, -0.1) is 11.3 Å². The van der Waals surface area contributed by atoms with E-state index in [0.717, 1.165) is 19.1 Å². The van der Waals surface area contributed by atoms with Gasteiger partial charge in [-0.3, -0.25) is 0 Å². The summed E-state index contributed by atoms with van der Waals surface area (Å²) >= 11 is 1.86. The minimum absolute atomic E-state index is 0.692. The molecule has 0 radical (unpaired) electrons. The van der Waals surface area contributed by atoms with Crippen molar-refractivity contribution >= 4 is 16.5 Å². The van der Waals surface area contributed by atoms with E-state index in [4.69, 9.17) is 4.98 Å². The number of nitrogens with zero attached hydrogens (tertiary/aromatic N) is 3. The summed E-state index contributed by atoms with van der Waals surface area (Å²) < 4.78 is 0. The Hall–Kier alpha value is -0.650. The van der Waals surface area contributed by atoms with E-state index in [1.165, 1.54) is 47.9 Å². The smallest absolute Gasteiger partial charge is 0.185 e. The Balaban J connectivity index is 1.58. The summed E-state index contributed by atoms with van der Waals surface area (Å²) in [6, 6.07) is 1.46. The first-order valence-corrected chi connectivity index (χ1v) is 8.56. The van der Waals surface area contributed by atoms with E-state index in [9.17, 15) is 0 Å². The normalized spacial score (nSPS) is 23.4. The van der Waals surface area contributed by atoms with Crippen LogP contribution in [0.5, 0.6) is 0 Å². The zero-order valence-electron chi connectivity index (χ0n) is 12.9. The molecule has 0 amide bonds. The van der Waals surface area contributed by atoms with Gasteiger partial charge < -0.3 is 15.1 Å². The summed E-state index contributed by atoms with van der Waals surface area (Å²) in [5, 5.41) is 4.77. The molecule has 1 aliphatic heterocycles. The van der Waals surface area contributed by atoms with Gasteiger partial charge in [0, 0.05) is 37.1 Å². The third kappa shape index (κ3) is 3.32. The molecule has 112 valence electrons. The van der Waals surface area contributed by atoms with Crippen molar-refractivity contribution in [2.45, 2.75) is 51.2 Å². The van der Waals surface area contributed by atoms with Crippen LogP contribution in [0.15, 0.2) is 0 Å². The molecular weight excluding hydrogens is 268 g/mol. The number of aryl methyl sites for hydroxylation is 1. The maximum atomic E-state index is 4.76. The van der Waals surface area contributed by atoms with Crippen LogP contribution >= 0.6 is 11.3 Å². The molecule has 1 N–H and O–H groups in total. The Morgan fingerprint density at radius 3 is 2.85 bits per heavy atom. The molecule has 1 aromatic rings. The molecular formula is C15H26N4S. The van der Waals surface area contributed by atoms with Gasteiger partial charge in [0.15, 0.2) is 5.13 Å². The number of likely N-dealkylation sites (tertiary alicyclic amines) is 1. The maximum Gasteiger partial charge on any atom is 0.185 e. The first-order chi connectivity index (χ1) is 9.63. The van der Waals surface area contributed by atoms with E-state index < -0.39 is 0 Å². The van der Waals surface area contributed by atoms with Gasteiger partial charge in [0.2, 0.25) is 0 Å². The van der Waals surface area contributed by atoms with Gasteiger partial charge in [-0.2, -0.15) is 0 Å². The van der Waals surface area contributed by atoms with E-state index in [0.29, 0.717) is 6.04 Å². The summed E-state index contributed by atoms with van der Waals surface area (Å²) in [4.78, 5) is 11.0. The first kappa shape index (κ1) is 14.3. The zero-order valence-corrected chi connectivity index (χ0v) is 13.7. The lowest BCUT2D eigenvalue weighted by atomic mass is 10.2. The number of likely N-dealkylation sites (N-methyl/N-ethyl adjacent to an activating group) is 2. The zero-order chi connectivity index (χ0) is 14.1. The molecule has 0 spiro atoms. The third-order valence-electron chi connectivity index (χ3n) is 4.49. The molecule has 2 fully saturated rings. The quantitative estimate of drug-likeness (QED) is 0.872. The second kappa shape index (κ2) is 6.00. The van der Waals surface area contributed by atoms with Gasteiger partial charge in [0.1, 0.15) is 0 Å². The molecule has 1 atom stereocenters. The Morgan fingerprint density at radius 2 is 2.20 bits per heavy atom. The minimum Gasteiger partial charge on any atom is -0.350 e. The molecule has 5 heteroatoms. The Kier molecular flexibility index (Phi) is 4.29. The number of hydrogen-bond donors (Lipinski definition) is 1. The molecule has 20 heavy (non-hydrogen) atoms. The van der Waals surface area contributed by atoms with E-state index in [-0.39, 0.29) is 0 Å². The van der Waals surface area contributed by atoms with Crippen LogP contribution < -0.4 is 10.2 Å². The molecule has 0 aromatic carbocycles. The Labute approximate surface area is 126 Å². The predicted molar refractivity (Wildman–Crippen MR) is 85.6 cm³/mol. The van der Waals surface area contributed by atoms with E-state index >= 15 is 0 Å². The lowest BCUT2D eigenvalue weighted by Crippen LogP contribution is -2.36. The highest BCUT2D eigenvalue weighted by Crippen LogP contribution is 2.28. The second-order valence-electron chi connectivity index (χ2n) is 6.32. The summed E-state index contributed by atoms with van der Waals surface area (Å²) in [7, 11) is 4.42. The van der Waals surface area contributed by atoms with Crippen LogP contribution in [-0.4, -0.2) is 49.2 Å². The van der Waals surface area contributed by atoms with Gasteiger partial charge in [0.05, 0.1) is 5.69 Å². The lowest BCUT2D eigenvalue weighted by molar-refractivity contribution is 0.314. The number of aromatic nitrogens is 1. The van der Waals surface area contributed by atoms with Gasteiger partial charge >= 0.3 is 0 Å². The molecule has 0 bridgehead atoms. The topological polar surface area (TPSA) is 31.4 Å². The van der Waals surface area contributed by atoms with Crippen LogP contribution in [0.1, 0.15) is 36.3 Å². The molecule has 1 aliphatic carbocycles. The van der Waals surface area contributed by atoms with Crippen molar-refractivity contribution in [2.24, 2.45) is 0 Å². The minimum atomic E-state index is 0.692. The number of nitrogens with one attached hydrogen (secondary N) is 1. The fourth-order valence-electron chi connectivity index (χ4n) is 2.87. The largest absolute Gasteiger partial charge is 0.350 e. The van der Waals surface area contributed by atoms with Gasteiger partial charge in [-0.05, 0) is 46.2 Å². The average Bonchev–Trinajstić information content (AvgIpc) is 3.06. The monoisotopic (exact) mass is 294 g/mol. The second-order valence-corrected chi connectivity index (χ2v) is 7.38. The summed E-state index contributed by atoms with van der Waals surface area (Å²) in [5.41, 5.74) is 1.20. The van der Waals surface area contributed by atoms with Crippen molar-refractivity contribution in [1.82, 2.24) is 15.2 Å². The molecule has 1 saturated heterocycles. The Morgan fingerprint density at radius 1 is 1.40 bits per heavy atom. The summed E-state index contributed by atoms with van der Waals surface area (Å²) in [6.07, 6.45) is 5.35. The van der Waals surface area contributed by atoms with Crippen LogP contribution in [0.4, 0.5) is 5.13 Å². The molecule has 2 heterocycles. The van der Waals surface area contributed by atoms with Crippen molar-refractivity contribution in [3.05, 3.63) is 10.6 Å². The fraction of sp³-hybridized carbons (Fsp3) is 0.800. The highest BCUT2D eigenvalue weighted by molar-refractivity contribution is 7.15. The van der Waals surface area contributed by atoms with Gasteiger partial charge in [-0.25, -0.2) is 4.98 Å². The number of thiazole rings is 1. The number of rotatable bonds is 6. The van der Waals surface area contributed by atoms with Crippen molar-refractivity contribution in [2.75, 3.05) is 32.1 Å². The van der Waals surface area contributed by atoms with Crippen LogP contribution in [-0.2, 0) is 6.54 Å². The van der Waals surface area contributed by atoms with Crippen LogP contribution in [0, 0.1) is 6.92 Å². The molecule has 1 aromatic heterocycles. The van der Waals surface area contributed by atoms with Crippen LogP contribution in [0.3, 0.4) is 0 Å². The van der Waals surface area contributed by atoms with Crippen LogP contribution in [0.25, 0.3) is 0 Å². The van der Waals surface area contributed by atoms with E-state index in [2.05, 4.69) is 36.1 Å². The van der Waals surface area contributed by atoms with Crippen molar-refractivity contribution in [3.63, 3.8) is 0 Å².